The van der Waals surface area contributed by atoms with Gasteiger partial charge in [-0.05, 0) is 18.4 Å². The minimum Gasteiger partial charge on any atom is -0.311 e. The van der Waals surface area contributed by atoms with E-state index in [2.05, 4.69) is 36.4 Å². The molecule has 0 aliphatic heterocycles. The largest absolute Gasteiger partial charge is 0.311 e. The maximum Gasteiger partial charge on any atom is 0.0964 e. The molecule has 1 aromatic rings. The molecule has 0 amide bonds. The predicted molar refractivity (Wildman–Crippen MR) is 56.7 cm³/mol. The fourth-order valence-corrected chi connectivity index (χ4v) is 1.14. The van der Waals surface area contributed by atoms with E-state index in [-0.39, 0.29) is 0 Å². The SMILES string of the molecule is CC(C)C(C)CNCc1cn(C)nn1. The van der Waals surface area contributed by atoms with Crippen molar-refractivity contribution in [1.82, 2.24) is 20.3 Å². The average Bonchev–Trinajstić information content (AvgIpc) is 2.51. The number of hydrogen-bond donors (Lipinski definition) is 1. The highest BCUT2D eigenvalue weighted by molar-refractivity contribution is 4.90. The summed E-state index contributed by atoms with van der Waals surface area (Å²) in [6.07, 6.45) is 1.94. The third-order valence-electron chi connectivity index (χ3n) is 2.56. The second-order valence-corrected chi connectivity index (χ2v) is 4.24. The van der Waals surface area contributed by atoms with E-state index in [0.29, 0.717) is 5.92 Å². The molecule has 80 valence electrons. The first-order valence-corrected chi connectivity index (χ1v) is 5.15. The molecule has 0 saturated carbocycles. The highest BCUT2D eigenvalue weighted by Gasteiger charge is 2.06. The highest BCUT2D eigenvalue weighted by Crippen LogP contribution is 2.07. The van der Waals surface area contributed by atoms with Crippen molar-refractivity contribution in [1.29, 1.82) is 0 Å². The molecule has 0 spiro atoms. The van der Waals surface area contributed by atoms with Gasteiger partial charge in [0.15, 0.2) is 0 Å². The summed E-state index contributed by atoms with van der Waals surface area (Å²) in [6, 6.07) is 0. The summed E-state index contributed by atoms with van der Waals surface area (Å²) >= 11 is 0. The zero-order valence-corrected chi connectivity index (χ0v) is 9.49. The molecule has 1 atom stereocenters. The van der Waals surface area contributed by atoms with Crippen LogP contribution in [0.15, 0.2) is 6.20 Å². The van der Waals surface area contributed by atoms with Crippen LogP contribution in [0.4, 0.5) is 0 Å². The molecule has 1 aromatic heterocycles. The van der Waals surface area contributed by atoms with Gasteiger partial charge in [0, 0.05) is 19.8 Å². The molecule has 1 unspecified atom stereocenters. The number of rotatable bonds is 5. The fraction of sp³-hybridized carbons (Fsp3) is 0.800. The number of nitrogens with one attached hydrogen (secondary N) is 1. The van der Waals surface area contributed by atoms with Gasteiger partial charge in [-0.25, -0.2) is 0 Å². The molecule has 0 fully saturated rings. The summed E-state index contributed by atoms with van der Waals surface area (Å²) in [5.41, 5.74) is 1.00. The molecule has 1 heterocycles. The van der Waals surface area contributed by atoms with Crippen molar-refractivity contribution in [3.63, 3.8) is 0 Å². The maximum atomic E-state index is 4.01. The smallest absolute Gasteiger partial charge is 0.0964 e. The lowest BCUT2D eigenvalue weighted by Gasteiger charge is -2.15. The van der Waals surface area contributed by atoms with Crippen molar-refractivity contribution in [2.24, 2.45) is 18.9 Å². The molecule has 1 N–H and O–H groups in total. The Morgan fingerprint density at radius 1 is 1.43 bits per heavy atom. The van der Waals surface area contributed by atoms with E-state index in [1.807, 2.05) is 13.2 Å². The number of hydrogen-bond acceptors (Lipinski definition) is 3. The number of aryl methyl sites for hydroxylation is 1. The lowest BCUT2D eigenvalue weighted by molar-refractivity contribution is 0.391. The second kappa shape index (κ2) is 5.10. The van der Waals surface area contributed by atoms with Crippen LogP contribution in [0, 0.1) is 11.8 Å². The van der Waals surface area contributed by atoms with Crippen LogP contribution in [-0.2, 0) is 13.6 Å². The summed E-state index contributed by atoms with van der Waals surface area (Å²) in [7, 11) is 1.88. The van der Waals surface area contributed by atoms with Crippen molar-refractivity contribution < 1.29 is 0 Å². The molecular weight excluding hydrogens is 176 g/mol. The van der Waals surface area contributed by atoms with E-state index in [9.17, 15) is 0 Å². The van der Waals surface area contributed by atoms with Crippen molar-refractivity contribution in [3.05, 3.63) is 11.9 Å². The van der Waals surface area contributed by atoms with Gasteiger partial charge in [-0.3, -0.25) is 4.68 Å². The van der Waals surface area contributed by atoms with E-state index >= 15 is 0 Å². The minimum absolute atomic E-state index is 0.701. The maximum absolute atomic E-state index is 4.01. The molecule has 0 bridgehead atoms. The van der Waals surface area contributed by atoms with Crippen LogP contribution in [0.2, 0.25) is 0 Å². The molecule has 4 nitrogen and oxygen atoms in total. The molecule has 4 heteroatoms. The zero-order valence-electron chi connectivity index (χ0n) is 9.49. The fourth-order valence-electron chi connectivity index (χ4n) is 1.14. The van der Waals surface area contributed by atoms with Gasteiger partial charge in [-0.2, -0.15) is 0 Å². The quantitative estimate of drug-likeness (QED) is 0.769. The van der Waals surface area contributed by atoms with Crippen LogP contribution in [-0.4, -0.2) is 21.5 Å². The van der Waals surface area contributed by atoms with Crippen molar-refractivity contribution in [2.45, 2.75) is 27.3 Å². The van der Waals surface area contributed by atoms with Crippen LogP contribution >= 0.6 is 0 Å². The Bertz CT molecular complexity index is 267. The van der Waals surface area contributed by atoms with E-state index in [1.165, 1.54) is 0 Å². The minimum atomic E-state index is 0.701. The molecule has 0 saturated heterocycles. The van der Waals surface area contributed by atoms with E-state index < -0.39 is 0 Å². The Morgan fingerprint density at radius 2 is 2.14 bits per heavy atom. The van der Waals surface area contributed by atoms with Gasteiger partial charge in [-0.1, -0.05) is 26.0 Å². The summed E-state index contributed by atoms with van der Waals surface area (Å²) in [6.45, 7) is 8.59. The molecule has 0 aromatic carbocycles. The van der Waals surface area contributed by atoms with Gasteiger partial charge in [-0.15, -0.1) is 5.10 Å². The van der Waals surface area contributed by atoms with E-state index in [4.69, 9.17) is 0 Å². The third-order valence-corrected chi connectivity index (χ3v) is 2.56. The Hall–Kier alpha value is -0.900. The van der Waals surface area contributed by atoms with Gasteiger partial charge in [0.1, 0.15) is 0 Å². The number of aromatic nitrogens is 3. The second-order valence-electron chi connectivity index (χ2n) is 4.24. The first kappa shape index (κ1) is 11.2. The Morgan fingerprint density at radius 3 is 2.64 bits per heavy atom. The Labute approximate surface area is 85.7 Å². The normalized spacial score (nSPS) is 13.5. The van der Waals surface area contributed by atoms with E-state index in [0.717, 1.165) is 24.7 Å². The van der Waals surface area contributed by atoms with Gasteiger partial charge >= 0.3 is 0 Å². The first-order chi connectivity index (χ1) is 6.59. The van der Waals surface area contributed by atoms with Gasteiger partial charge in [0.2, 0.25) is 0 Å². The van der Waals surface area contributed by atoms with E-state index in [1.54, 1.807) is 4.68 Å². The van der Waals surface area contributed by atoms with Gasteiger partial charge < -0.3 is 5.32 Å². The van der Waals surface area contributed by atoms with Crippen molar-refractivity contribution >= 4 is 0 Å². The Balaban J connectivity index is 2.22. The average molecular weight is 196 g/mol. The lowest BCUT2D eigenvalue weighted by atomic mass is 9.98. The molecule has 14 heavy (non-hydrogen) atoms. The number of nitrogens with zero attached hydrogens (tertiary/aromatic N) is 3. The summed E-state index contributed by atoms with van der Waals surface area (Å²) < 4.78 is 1.73. The van der Waals surface area contributed by atoms with Crippen molar-refractivity contribution in [2.75, 3.05) is 6.54 Å². The van der Waals surface area contributed by atoms with Crippen LogP contribution in [0.25, 0.3) is 0 Å². The zero-order chi connectivity index (χ0) is 10.6. The molecule has 0 aliphatic rings. The lowest BCUT2D eigenvalue weighted by Crippen LogP contribution is -2.23. The van der Waals surface area contributed by atoms with Crippen molar-refractivity contribution in [3.8, 4) is 0 Å². The standard InChI is InChI=1S/C10H20N4/c1-8(2)9(3)5-11-6-10-7-14(4)13-12-10/h7-9,11H,5-6H2,1-4H3. The topological polar surface area (TPSA) is 42.7 Å². The van der Waals surface area contributed by atoms with Crippen LogP contribution in [0.5, 0.6) is 0 Å². The summed E-state index contributed by atoms with van der Waals surface area (Å²) in [5, 5.41) is 11.3. The van der Waals surface area contributed by atoms with Crippen LogP contribution in [0.3, 0.4) is 0 Å². The van der Waals surface area contributed by atoms with Gasteiger partial charge in [0.05, 0.1) is 5.69 Å². The first-order valence-electron chi connectivity index (χ1n) is 5.15. The molecule has 0 aliphatic carbocycles. The highest BCUT2D eigenvalue weighted by atomic mass is 15.4. The molecule has 0 radical (unpaired) electrons. The summed E-state index contributed by atoms with van der Waals surface area (Å²) in [4.78, 5) is 0. The molecular formula is C10H20N4. The monoisotopic (exact) mass is 196 g/mol. The summed E-state index contributed by atoms with van der Waals surface area (Å²) in [5.74, 6) is 1.43. The third kappa shape index (κ3) is 3.46. The van der Waals surface area contributed by atoms with Gasteiger partial charge in [0.25, 0.3) is 0 Å². The predicted octanol–water partition coefficient (Wildman–Crippen LogP) is 1.20. The van der Waals surface area contributed by atoms with Crippen LogP contribution < -0.4 is 5.32 Å². The Kier molecular flexibility index (Phi) is 4.07. The molecule has 1 rings (SSSR count). The van der Waals surface area contributed by atoms with Crippen LogP contribution in [0.1, 0.15) is 26.5 Å².